The molecule has 1 aromatic carbocycles. The third kappa shape index (κ3) is 3.16. The van der Waals surface area contributed by atoms with Crippen molar-refractivity contribution in [2.24, 2.45) is 0 Å². The number of carbonyl (C=O) groups is 1. The Morgan fingerprint density at radius 3 is 3.04 bits per heavy atom. The van der Waals surface area contributed by atoms with E-state index in [0.717, 1.165) is 48.8 Å². The van der Waals surface area contributed by atoms with Gasteiger partial charge in [-0.3, -0.25) is 4.79 Å². The standard InChI is InChI=1S/C19H22N4O2/c1-13(18-22-21-17-9-3-2-6-10-23(17)18)20-19(24)15-11-14-7-4-5-8-16(14)25-12-15/h4-5,7-8,11,13H,2-3,6,9-10,12H2,1H3,(H,20,24)/t13-/m1/s1. The summed E-state index contributed by atoms with van der Waals surface area (Å²) in [5, 5.41) is 11.7. The summed E-state index contributed by atoms with van der Waals surface area (Å²) < 4.78 is 7.84. The molecule has 6 nitrogen and oxygen atoms in total. The number of carbonyl (C=O) groups excluding carboxylic acids is 1. The average molecular weight is 338 g/mol. The molecule has 0 radical (unpaired) electrons. The number of aryl methyl sites for hydroxylation is 1. The van der Waals surface area contributed by atoms with Gasteiger partial charge in [-0.05, 0) is 31.9 Å². The second-order valence-corrected chi connectivity index (χ2v) is 6.63. The van der Waals surface area contributed by atoms with Gasteiger partial charge in [0.2, 0.25) is 0 Å². The maximum Gasteiger partial charge on any atom is 0.251 e. The predicted octanol–water partition coefficient (Wildman–Crippen LogP) is 2.66. The van der Waals surface area contributed by atoms with Crippen LogP contribution >= 0.6 is 0 Å². The molecule has 25 heavy (non-hydrogen) atoms. The van der Waals surface area contributed by atoms with Crippen molar-refractivity contribution < 1.29 is 9.53 Å². The molecule has 3 heterocycles. The number of rotatable bonds is 3. The number of benzene rings is 1. The maximum atomic E-state index is 12.6. The number of hydrogen-bond acceptors (Lipinski definition) is 4. The van der Waals surface area contributed by atoms with Gasteiger partial charge in [0.05, 0.1) is 11.6 Å². The highest BCUT2D eigenvalue weighted by atomic mass is 16.5. The van der Waals surface area contributed by atoms with Crippen LogP contribution in [0, 0.1) is 0 Å². The van der Waals surface area contributed by atoms with Gasteiger partial charge in [0.25, 0.3) is 5.91 Å². The Labute approximate surface area is 146 Å². The topological polar surface area (TPSA) is 69.0 Å². The molecule has 2 aromatic rings. The van der Waals surface area contributed by atoms with Gasteiger partial charge < -0.3 is 14.6 Å². The minimum Gasteiger partial charge on any atom is -0.488 e. The highest BCUT2D eigenvalue weighted by Crippen LogP contribution is 2.26. The SMILES string of the molecule is C[C@@H](NC(=O)C1=Cc2ccccc2OC1)c1nnc2n1CCCCC2. The van der Waals surface area contributed by atoms with Crippen LogP contribution < -0.4 is 10.1 Å². The van der Waals surface area contributed by atoms with Gasteiger partial charge >= 0.3 is 0 Å². The highest BCUT2D eigenvalue weighted by Gasteiger charge is 2.23. The minimum absolute atomic E-state index is 0.118. The summed E-state index contributed by atoms with van der Waals surface area (Å²) in [6.45, 7) is 3.17. The van der Waals surface area contributed by atoms with E-state index in [1.807, 2.05) is 37.3 Å². The monoisotopic (exact) mass is 338 g/mol. The van der Waals surface area contributed by atoms with E-state index in [-0.39, 0.29) is 18.6 Å². The summed E-state index contributed by atoms with van der Waals surface area (Å²) in [6, 6.07) is 7.53. The molecule has 2 aliphatic heterocycles. The number of aromatic nitrogens is 3. The number of nitrogens with one attached hydrogen (secondary N) is 1. The van der Waals surface area contributed by atoms with Gasteiger partial charge in [-0.1, -0.05) is 24.6 Å². The first-order valence-electron chi connectivity index (χ1n) is 8.87. The molecule has 130 valence electrons. The smallest absolute Gasteiger partial charge is 0.251 e. The van der Waals surface area contributed by atoms with Crippen LogP contribution in [0.1, 0.15) is 49.4 Å². The summed E-state index contributed by atoms with van der Waals surface area (Å²) in [5.41, 5.74) is 1.56. The van der Waals surface area contributed by atoms with Gasteiger partial charge in [-0.15, -0.1) is 10.2 Å². The van der Waals surface area contributed by atoms with E-state index in [4.69, 9.17) is 4.74 Å². The molecule has 6 heteroatoms. The lowest BCUT2D eigenvalue weighted by Gasteiger charge is -2.20. The maximum absolute atomic E-state index is 12.6. The zero-order valence-electron chi connectivity index (χ0n) is 14.4. The second-order valence-electron chi connectivity index (χ2n) is 6.63. The van der Waals surface area contributed by atoms with E-state index < -0.39 is 0 Å². The van der Waals surface area contributed by atoms with Crippen LogP contribution in [0.5, 0.6) is 5.75 Å². The summed E-state index contributed by atoms with van der Waals surface area (Å²) >= 11 is 0. The molecular weight excluding hydrogens is 316 g/mol. The van der Waals surface area contributed by atoms with Gasteiger partial charge in [0, 0.05) is 18.5 Å². The fourth-order valence-corrected chi connectivity index (χ4v) is 3.43. The number of fused-ring (bicyclic) bond motifs is 2. The fourth-order valence-electron chi connectivity index (χ4n) is 3.43. The van der Waals surface area contributed by atoms with Crippen LogP contribution in [-0.4, -0.2) is 27.3 Å². The molecular formula is C19H22N4O2. The van der Waals surface area contributed by atoms with E-state index in [1.54, 1.807) is 0 Å². The first kappa shape index (κ1) is 15.9. The fraction of sp³-hybridized carbons (Fsp3) is 0.421. The molecule has 0 saturated carbocycles. The van der Waals surface area contributed by atoms with Crippen molar-refractivity contribution in [3.63, 3.8) is 0 Å². The van der Waals surface area contributed by atoms with Gasteiger partial charge in [0.15, 0.2) is 5.82 Å². The number of ether oxygens (including phenoxy) is 1. The molecule has 0 bridgehead atoms. The summed E-state index contributed by atoms with van der Waals surface area (Å²) in [5.74, 6) is 2.56. The van der Waals surface area contributed by atoms with Crippen molar-refractivity contribution in [1.29, 1.82) is 0 Å². The lowest BCUT2D eigenvalue weighted by Crippen LogP contribution is -2.32. The number of nitrogens with zero attached hydrogens (tertiary/aromatic N) is 3. The van der Waals surface area contributed by atoms with Crippen molar-refractivity contribution in [1.82, 2.24) is 20.1 Å². The van der Waals surface area contributed by atoms with Gasteiger partial charge in [0.1, 0.15) is 18.2 Å². The molecule has 0 aliphatic carbocycles. The molecule has 1 aromatic heterocycles. The van der Waals surface area contributed by atoms with Crippen molar-refractivity contribution in [2.45, 2.75) is 45.2 Å². The Balaban J connectivity index is 1.50. The molecule has 1 amide bonds. The minimum atomic E-state index is -0.190. The molecule has 0 fully saturated rings. The van der Waals surface area contributed by atoms with Crippen molar-refractivity contribution >= 4 is 12.0 Å². The zero-order chi connectivity index (χ0) is 17.2. The second kappa shape index (κ2) is 6.70. The quantitative estimate of drug-likeness (QED) is 0.934. The predicted molar refractivity (Wildman–Crippen MR) is 94.0 cm³/mol. The Bertz CT molecular complexity index is 825. The van der Waals surface area contributed by atoms with Crippen molar-refractivity contribution in [2.75, 3.05) is 6.61 Å². The van der Waals surface area contributed by atoms with E-state index in [9.17, 15) is 4.79 Å². The van der Waals surface area contributed by atoms with E-state index in [0.29, 0.717) is 5.57 Å². The van der Waals surface area contributed by atoms with Crippen LogP contribution in [0.4, 0.5) is 0 Å². The molecule has 1 N–H and O–H groups in total. The van der Waals surface area contributed by atoms with Crippen LogP contribution in [0.2, 0.25) is 0 Å². The number of hydrogen-bond donors (Lipinski definition) is 1. The van der Waals surface area contributed by atoms with Crippen LogP contribution in [0.15, 0.2) is 29.8 Å². The molecule has 0 saturated heterocycles. The van der Waals surface area contributed by atoms with Crippen LogP contribution in [0.3, 0.4) is 0 Å². The van der Waals surface area contributed by atoms with Crippen molar-refractivity contribution in [3.05, 3.63) is 47.1 Å². The Hall–Kier alpha value is -2.63. The third-order valence-electron chi connectivity index (χ3n) is 4.80. The molecule has 2 aliphatic rings. The molecule has 0 unspecified atom stereocenters. The number of para-hydroxylation sites is 1. The Kier molecular flexibility index (Phi) is 4.26. The average Bonchev–Trinajstić information content (AvgIpc) is 2.90. The first-order chi connectivity index (χ1) is 12.2. The van der Waals surface area contributed by atoms with Crippen LogP contribution in [-0.2, 0) is 17.8 Å². The van der Waals surface area contributed by atoms with Crippen molar-refractivity contribution in [3.8, 4) is 5.75 Å². The summed E-state index contributed by atoms with van der Waals surface area (Å²) in [7, 11) is 0. The van der Waals surface area contributed by atoms with E-state index in [2.05, 4.69) is 20.1 Å². The molecule has 0 spiro atoms. The highest BCUT2D eigenvalue weighted by molar-refractivity contribution is 5.99. The van der Waals surface area contributed by atoms with Gasteiger partial charge in [-0.2, -0.15) is 0 Å². The lowest BCUT2D eigenvalue weighted by atomic mass is 10.1. The van der Waals surface area contributed by atoms with Gasteiger partial charge in [-0.25, -0.2) is 0 Å². The third-order valence-corrected chi connectivity index (χ3v) is 4.80. The normalized spacial score (nSPS) is 17.4. The zero-order valence-corrected chi connectivity index (χ0v) is 14.4. The molecule has 1 atom stereocenters. The van der Waals surface area contributed by atoms with E-state index in [1.165, 1.54) is 6.42 Å². The van der Waals surface area contributed by atoms with Crippen LogP contribution in [0.25, 0.3) is 6.08 Å². The molecule has 4 rings (SSSR count). The number of amides is 1. The largest absolute Gasteiger partial charge is 0.488 e. The van der Waals surface area contributed by atoms with E-state index >= 15 is 0 Å². The Morgan fingerprint density at radius 1 is 1.24 bits per heavy atom. The summed E-state index contributed by atoms with van der Waals surface area (Å²) in [6.07, 6.45) is 6.36. The Morgan fingerprint density at radius 2 is 2.12 bits per heavy atom. The lowest BCUT2D eigenvalue weighted by molar-refractivity contribution is -0.118. The first-order valence-corrected chi connectivity index (χ1v) is 8.87. The summed E-state index contributed by atoms with van der Waals surface area (Å²) in [4.78, 5) is 12.6.